The van der Waals surface area contributed by atoms with Gasteiger partial charge in [0.25, 0.3) is 11.8 Å². The average Bonchev–Trinajstić information content (AvgIpc) is 2.77. The van der Waals surface area contributed by atoms with E-state index in [0.29, 0.717) is 5.69 Å². The lowest BCUT2D eigenvalue weighted by molar-refractivity contribution is -0.991. The molecule has 3 aromatic carbocycles. The summed E-state index contributed by atoms with van der Waals surface area (Å²) in [5.74, 6) is -1.19. The molecule has 0 bridgehead atoms. The van der Waals surface area contributed by atoms with Crippen molar-refractivity contribution < 1.29 is 30.5 Å². The Morgan fingerprint density at radius 1 is 0.733 bits per heavy atom. The predicted molar refractivity (Wildman–Crippen MR) is 105 cm³/mol. The highest BCUT2D eigenvalue weighted by Crippen LogP contribution is 2.17. The highest BCUT2D eigenvalue weighted by atomic mass is 16.8. The van der Waals surface area contributed by atoms with Gasteiger partial charge in [-0.15, -0.1) is 0 Å². The van der Waals surface area contributed by atoms with Crippen molar-refractivity contribution in [2.24, 2.45) is 0 Å². The number of benzene rings is 3. The van der Waals surface area contributed by atoms with Crippen LogP contribution in [0.3, 0.4) is 0 Å². The number of hydrazine groups is 1. The third-order valence-corrected chi connectivity index (χ3v) is 4.20. The maximum atomic E-state index is 13.0. The number of quaternary nitrogens is 2. The zero-order chi connectivity index (χ0) is 21.7. The summed E-state index contributed by atoms with van der Waals surface area (Å²) in [6.07, 6.45) is 0. The van der Waals surface area contributed by atoms with Crippen molar-refractivity contribution in [3.05, 3.63) is 100 Å². The second-order valence-corrected chi connectivity index (χ2v) is 6.18. The van der Waals surface area contributed by atoms with E-state index in [1.165, 1.54) is 48.5 Å². The van der Waals surface area contributed by atoms with Crippen molar-refractivity contribution in [3.8, 4) is 0 Å². The van der Waals surface area contributed by atoms with Crippen LogP contribution < -0.4 is 20.9 Å². The minimum absolute atomic E-state index is 0.0281. The fourth-order valence-corrected chi connectivity index (χ4v) is 2.62. The van der Waals surface area contributed by atoms with Gasteiger partial charge in [-0.1, -0.05) is 18.2 Å². The Bertz CT molecular complexity index is 1010. The largest absolute Gasteiger partial charge is 0.595 e. The van der Waals surface area contributed by atoms with Crippen LogP contribution in [-0.2, 0) is 0 Å². The first-order chi connectivity index (χ1) is 14.4. The van der Waals surface area contributed by atoms with E-state index in [1.807, 2.05) is 0 Å². The first kappa shape index (κ1) is 21.1. The van der Waals surface area contributed by atoms with Crippen molar-refractivity contribution in [2.75, 3.05) is 5.01 Å². The van der Waals surface area contributed by atoms with Crippen LogP contribution in [0.15, 0.2) is 78.9 Å². The smallest absolute Gasteiger partial charge is 0.277 e. The van der Waals surface area contributed by atoms with Crippen molar-refractivity contribution in [1.82, 2.24) is 5.43 Å². The summed E-state index contributed by atoms with van der Waals surface area (Å²) in [5, 5.41) is 38.8. The molecular weight excluding hydrogens is 392 g/mol. The molecule has 30 heavy (non-hydrogen) atoms. The zero-order valence-corrected chi connectivity index (χ0v) is 15.5. The second-order valence-electron chi connectivity index (χ2n) is 6.18. The van der Waals surface area contributed by atoms with Crippen molar-refractivity contribution in [2.45, 2.75) is 0 Å². The lowest BCUT2D eigenvalue weighted by Crippen LogP contribution is -2.99. The van der Waals surface area contributed by atoms with Gasteiger partial charge in [0.15, 0.2) is 11.4 Å². The normalized spacial score (nSPS) is 12.7. The molecule has 3 aromatic rings. The number of nitrogens with one attached hydrogen (secondary N) is 3. The number of para-hydroxylation sites is 1. The van der Waals surface area contributed by atoms with Crippen LogP contribution in [0.4, 0.5) is 17.1 Å². The van der Waals surface area contributed by atoms with Gasteiger partial charge in [0.2, 0.25) is 0 Å². The van der Waals surface area contributed by atoms with Gasteiger partial charge in [0.1, 0.15) is 0 Å². The Hall–Kier alpha value is -3.64. The van der Waals surface area contributed by atoms with Crippen LogP contribution in [0.25, 0.3) is 0 Å². The molecule has 2 atom stereocenters. The lowest BCUT2D eigenvalue weighted by atomic mass is 10.1. The molecule has 10 heteroatoms. The number of carbonyl (C=O) groups excluding carboxylic acids is 2. The van der Waals surface area contributed by atoms with Gasteiger partial charge in [0.05, 0.1) is 5.69 Å². The van der Waals surface area contributed by atoms with Crippen LogP contribution >= 0.6 is 0 Å². The second kappa shape index (κ2) is 9.24. The fourth-order valence-electron chi connectivity index (χ4n) is 2.62. The molecule has 0 aliphatic rings. The SMILES string of the molecule is O=C(NN(C(=O)c1ccc([NH+]([O-])O)cc1)c1ccccc1)c1ccc([NH+]([O-])O)cc1. The van der Waals surface area contributed by atoms with Gasteiger partial charge in [-0.05, 0) is 36.4 Å². The molecule has 5 N–H and O–H groups in total. The molecule has 0 saturated heterocycles. The number of hydrogen-bond donors (Lipinski definition) is 5. The number of amides is 2. The summed E-state index contributed by atoms with van der Waals surface area (Å²) in [5.41, 5.74) is 3.29. The number of nitrogens with zero attached hydrogens (tertiary/aromatic N) is 1. The molecule has 2 amide bonds. The minimum atomic E-state index is -1.12. The summed E-state index contributed by atoms with van der Waals surface area (Å²) in [7, 11) is 0. The Kier molecular flexibility index (Phi) is 6.49. The van der Waals surface area contributed by atoms with Crippen molar-refractivity contribution in [1.29, 1.82) is 0 Å². The van der Waals surface area contributed by atoms with Gasteiger partial charge in [-0.2, -0.15) is 10.5 Å². The topological polar surface area (TPSA) is 145 Å². The third kappa shape index (κ3) is 4.85. The first-order valence-electron chi connectivity index (χ1n) is 8.74. The van der Waals surface area contributed by atoms with Crippen LogP contribution in [0, 0.1) is 10.4 Å². The summed E-state index contributed by atoms with van der Waals surface area (Å²) >= 11 is 0. The van der Waals surface area contributed by atoms with Crippen LogP contribution in [0.5, 0.6) is 0 Å². The molecule has 0 aliphatic heterocycles. The number of anilines is 1. The number of carbonyl (C=O) groups is 2. The molecule has 0 heterocycles. The maximum Gasteiger partial charge on any atom is 0.277 e. The van der Waals surface area contributed by atoms with Gasteiger partial charge in [-0.3, -0.25) is 15.0 Å². The summed E-state index contributed by atoms with van der Waals surface area (Å²) in [6, 6.07) is 18.9. The van der Waals surface area contributed by atoms with Crippen molar-refractivity contribution in [3.63, 3.8) is 0 Å². The summed E-state index contributed by atoms with van der Waals surface area (Å²) in [6.45, 7) is 0. The Balaban J connectivity index is 1.87. The monoisotopic (exact) mass is 410 g/mol. The van der Waals surface area contributed by atoms with Gasteiger partial charge < -0.3 is 10.4 Å². The number of rotatable bonds is 5. The molecule has 10 nitrogen and oxygen atoms in total. The molecule has 0 saturated carbocycles. The van der Waals surface area contributed by atoms with Gasteiger partial charge in [0, 0.05) is 35.4 Å². The highest BCUT2D eigenvalue weighted by molar-refractivity contribution is 6.09. The van der Waals surface area contributed by atoms with Crippen LogP contribution in [-0.4, -0.2) is 22.2 Å². The lowest BCUT2D eigenvalue weighted by Gasteiger charge is -2.24. The van der Waals surface area contributed by atoms with Crippen molar-refractivity contribution >= 4 is 28.9 Å². The van der Waals surface area contributed by atoms with E-state index in [9.17, 15) is 20.0 Å². The van der Waals surface area contributed by atoms with E-state index < -0.39 is 22.3 Å². The number of hydrogen-bond acceptors (Lipinski definition) is 6. The molecule has 2 unspecified atom stereocenters. The van der Waals surface area contributed by atoms with Crippen LogP contribution in [0.2, 0.25) is 0 Å². The van der Waals surface area contributed by atoms with Crippen LogP contribution in [0.1, 0.15) is 20.7 Å². The average molecular weight is 410 g/mol. The van der Waals surface area contributed by atoms with E-state index in [2.05, 4.69) is 5.43 Å². The molecule has 0 radical (unpaired) electrons. The summed E-state index contributed by atoms with van der Waals surface area (Å²) < 4.78 is 0. The summed E-state index contributed by atoms with van der Waals surface area (Å²) in [4.78, 5) is 25.7. The molecule has 3 rings (SSSR count). The van der Waals surface area contributed by atoms with E-state index in [-0.39, 0.29) is 22.5 Å². The Morgan fingerprint density at radius 3 is 1.67 bits per heavy atom. The molecule has 0 aromatic heterocycles. The third-order valence-electron chi connectivity index (χ3n) is 4.20. The highest BCUT2D eigenvalue weighted by Gasteiger charge is 2.21. The predicted octanol–water partition coefficient (Wildman–Crippen LogP) is 0.485. The van der Waals surface area contributed by atoms with Gasteiger partial charge >= 0.3 is 0 Å². The zero-order valence-electron chi connectivity index (χ0n) is 15.5. The standard InChI is InChI=1S/C20H18N4O6/c25-19(14-6-10-17(11-7-14)23(27)28)21-22(16-4-2-1-3-5-16)20(26)15-8-12-18(13-9-15)24(29)30/h1-13,23-24,27,29H,(H,21,25). The minimum Gasteiger partial charge on any atom is -0.595 e. The van der Waals surface area contributed by atoms with E-state index in [4.69, 9.17) is 10.4 Å². The maximum absolute atomic E-state index is 13.0. The molecule has 154 valence electrons. The Labute approximate surface area is 170 Å². The first-order valence-corrected chi connectivity index (χ1v) is 8.74. The molecular formula is C20H18N4O6. The van der Waals surface area contributed by atoms with Gasteiger partial charge in [-0.25, -0.2) is 15.4 Å². The Morgan fingerprint density at radius 2 is 1.20 bits per heavy atom. The van der Waals surface area contributed by atoms with E-state index in [0.717, 1.165) is 5.01 Å². The van der Waals surface area contributed by atoms with E-state index >= 15 is 0 Å². The fraction of sp³-hybridized carbons (Fsp3) is 0. The molecule has 0 fully saturated rings. The quantitative estimate of drug-likeness (QED) is 0.387. The molecule has 0 aliphatic carbocycles. The molecule has 0 spiro atoms. The van der Waals surface area contributed by atoms with E-state index in [1.54, 1.807) is 30.3 Å².